The SMILES string of the molecule is C[C@@](CCn1cc(C2CCCCC2)cn1)(C(=O)NO)S(C)(=O)=O. The topological polar surface area (TPSA) is 101 Å². The van der Waals surface area contributed by atoms with Crippen molar-refractivity contribution in [1.82, 2.24) is 15.3 Å². The third-order valence-corrected chi connectivity index (χ3v) is 6.97. The maximum Gasteiger partial charge on any atom is 0.264 e. The molecule has 0 spiro atoms. The van der Waals surface area contributed by atoms with Crippen LogP contribution in [0.2, 0.25) is 0 Å². The molecule has 1 aliphatic rings. The lowest BCUT2D eigenvalue weighted by atomic mass is 9.86. The molecule has 8 heteroatoms. The van der Waals surface area contributed by atoms with Crippen molar-refractivity contribution >= 4 is 15.7 Å². The van der Waals surface area contributed by atoms with Crippen molar-refractivity contribution in [3.05, 3.63) is 18.0 Å². The number of rotatable bonds is 6. The van der Waals surface area contributed by atoms with Crippen LogP contribution < -0.4 is 5.48 Å². The zero-order valence-corrected chi connectivity index (χ0v) is 14.5. The summed E-state index contributed by atoms with van der Waals surface area (Å²) < 4.78 is 23.8. The largest absolute Gasteiger partial charge is 0.289 e. The zero-order chi connectivity index (χ0) is 17.1. The Labute approximate surface area is 136 Å². The summed E-state index contributed by atoms with van der Waals surface area (Å²) in [4.78, 5) is 11.8. The van der Waals surface area contributed by atoms with Gasteiger partial charge in [-0.1, -0.05) is 19.3 Å². The maximum atomic E-state index is 11.9. The molecule has 0 saturated heterocycles. The number of amides is 1. The third kappa shape index (κ3) is 3.92. The maximum absolute atomic E-state index is 11.9. The number of hydrogen-bond acceptors (Lipinski definition) is 5. The van der Waals surface area contributed by atoms with E-state index in [0.29, 0.717) is 12.5 Å². The van der Waals surface area contributed by atoms with Gasteiger partial charge in [0.1, 0.15) is 0 Å². The van der Waals surface area contributed by atoms with E-state index in [4.69, 9.17) is 5.21 Å². The van der Waals surface area contributed by atoms with Gasteiger partial charge in [-0.15, -0.1) is 0 Å². The Kier molecular flexibility index (Phi) is 5.46. The van der Waals surface area contributed by atoms with E-state index in [0.717, 1.165) is 6.26 Å². The lowest BCUT2D eigenvalue weighted by Gasteiger charge is -2.24. The van der Waals surface area contributed by atoms with Crippen molar-refractivity contribution in [3.63, 3.8) is 0 Å². The van der Waals surface area contributed by atoms with Gasteiger partial charge in [-0.2, -0.15) is 5.10 Å². The summed E-state index contributed by atoms with van der Waals surface area (Å²) >= 11 is 0. The molecule has 23 heavy (non-hydrogen) atoms. The normalized spacial score (nSPS) is 19.3. The van der Waals surface area contributed by atoms with E-state index < -0.39 is 20.5 Å². The lowest BCUT2D eigenvalue weighted by Crippen LogP contribution is -2.49. The summed E-state index contributed by atoms with van der Waals surface area (Å²) in [6, 6.07) is 0. The highest BCUT2D eigenvalue weighted by Crippen LogP contribution is 2.32. The number of carbonyl (C=O) groups is 1. The third-order valence-electron chi connectivity index (χ3n) is 4.95. The standard InChI is InChI=1S/C15H25N3O4S/c1-15(14(19)17-20,23(2,21)22)8-9-18-11-13(10-16-18)12-6-4-3-5-7-12/h10-12,20H,3-9H2,1-2H3,(H,17,19)/t15-/m1/s1. The Morgan fingerprint density at radius 3 is 2.65 bits per heavy atom. The molecule has 0 aromatic carbocycles. The number of sulfone groups is 1. The zero-order valence-electron chi connectivity index (χ0n) is 13.7. The van der Waals surface area contributed by atoms with Gasteiger partial charge >= 0.3 is 0 Å². The fourth-order valence-electron chi connectivity index (χ4n) is 3.06. The highest BCUT2D eigenvalue weighted by molar-refractivity contribution is 7.92. The van der Waals surface area contributed by atoms with E-state index in [1.807, 2.05) is 12.4 Å². The van der Waals surface area contributed by atoms with Gasteiger partial charge in [0.15, 0.2) is 14.6 Å². The number of nitrogens with one attached hydrogen (secondary N) is 1. The molecule has 1 aromatic heterocycles. The Morgan fingerprint density at radius 2 is 2.09 bits per heavy atom. The molecular formula is C15H25N3O4S. The Bertz CT molecular complexity index is 649. The predicted molar refractivity (Wildman–Crippen MR) is 85.8 cm³/mol. The van der Waals surface area contributed by atoms with Crippen molar-refractivity contribution in [3.8, 4) is 0 Å². The molecule has 7 nitrogen and oxygen atoms in total. The van der Waals surface area contributed by atoms with E-state index in [-0.39, 0.29) is 6.42 Å². The van der Waals surface area contributed by atoms with Crippen LogP contribution in [0, 0.1) is 0 Å². The van der Waals surface area contributed by atoms with Gasteiger partial charge in [-0.05, 0) is 37.7 Å². The van der Waals surface area contributed by atoms with Gasteiger partial charge in [0.05, 0.1) is 6.20 Å². The Morgan fingerprint density at radius 1 is 1.43 bits per heavy atom. The van der Waals surface area contributed by atoms with E-state index >= 15 is 0 Å². The molecule has 1 atom stereocenters. The minimum atomic E-state index is -3.67. The number of aryl methyl sites for hydroxylation is 1. The first kappa shape index (κ1) is 17.9. The number of hydroxylamine groups is 1. The highest BCUT2D eigenvalue weighted by Gasteiger charge is 2.43. The van der Waals surface area contributed by atoms with E-state index in [2.05, 4.69) is 5.10 Å². The summed E-state index contributed by atoms with van der Waals surface area (Å²) in [6.45, 7) is 1.61. The van der Waals surface area contributed by atoms with Crippen molar-refractivity contribution in [2.45, 2.75) is 62.7 Å². The molecule has 1 fully saturated rings. The van der Waals surface area contributed by atoms with Crippen LogP contribution in [-0.4, -0.2) is 40.3 Å². The molecule has 0 aliphatic heterocycles. The summed E-state index contributed by atoms with van der Waals surface area (Å²) in [5.41, 5.74) is 2.64. The number of nitrogens with zero attached hydrogens (tertiary/aromatic N) is 2. The van der Waals surface area contributed by atoms with Crippen LogP contribution in [0.5, 0.6) is 0 Å². The second-order valence-corrected chi connectivity index (χ2v) is 9.01. The summed E-state index contributed by atoms with van der Waals surface area (Å²) in [5.74, 6) is -0.390. The highest BCUT2D eigenvalue weighted by atomic mass is 32.2. The molecule has 0 bridgehead atoms. The molecule has 1 heterocycles. The van der Waals surface area contributed by atoms with Crippen LogP contribution in [0.1, 0.15) is 56.9 Å². The van der Waals surface area contributed by atoms with E-state index in [9.17, 15) is 13.2 Å². The quantitative estimate of drug-likeness (QED) is 0.604. The minimum absolute atomic E-state index is 0.0456. The Balaban J connectivity index is 2.07. The van der Waals surface area contributed by atoms with Crippen LogP contribution >= 0.6 is 0 Å². The van der Waals surface area contributed by atoms with Crippen molar-refractivity contribution in [2.75, 3.05) is 6.26 Å². The smallest absolute Gasteiger partial charge is 0.264 e. The van der Waals surface area contributed by atoms with Crippen LogP contribution in [0.15, 0.2) is 12.4 Å². The molecule has 1 saturated carbocycles. The molecule has 2 N–H and O–H groups in total. The predicted octanol–water partition coefficient (Wildman–Crippen LogP) is 1.63. The first-order chi connectivity index (χ1) is 10.8. The van der Waals surface area contributed by atoms with Gasteiger partial charge in [0, 0.05) is 19.0 Å². The van der Waals surface area contributed by atoms with Gasteiger partial charge in [0.25, 0.3) is 5.91 Å². The van der Waals surface area contributed by atoms with Gasteiger partial charge < -0.3 is 0 Å². The molecular weight excluding hydrogens is 318 g/mol. The molecule has 1 amide bonds. The van der Waals surface area contributed by atoms with Crippen molar-refractivity contribution in [2.24, 2.45) is 0 Å². The fourth-order valence-corrected chi connectivity index (χ4v) is 3.91. The second-order valence-electron chi connectivity index (χ2n) is 6.57. The number of carbonyl (C=O) groups excluding carboxylic acids is 1. The van der Waals surface area contributed by atoms with Crippen LogP contribution in [0.3, 0.4) is 0 Å². The molecule has 2 rings (SSSR count). The first-order valence-corrected chi connectivity index (χ1v) is 9.83. The first-order valence-electron chi connectivity index (χ1n) is 7.94. The summed E-state index contributed by atoms with van der Waals surface area (Å²) in [7, 11) is -3.67. The number of hydrogen-bond donors (Lipinski definition) is 2. The monoisotopic (exact) mass is 343 g/mol. The van der Waals surface area contributed by atoms with Crippen molar-refractivity contribution in [1.29, 1.82) is 0 Å². The lowest BCUT2D eigenvalue weighted by molar-refractivity contribution is -0.131. The van der Waals surface area contributed by atoms with Gasteiger partial charge in [0.2, 0.25) is 0 Å². The summed E-state index contributed by atoms with van der Waals surface area (Å²) in [6.07, 6.45) is 10.9. The van der Waals surface area contributed by atoms with Crippen molar-refractivity contribution < 1.29 is 18.4 Å². The minimum Gasteiger partial charge on any atom is -0.289 e. The second kappa shape index (κ2) is 7.00. The van der Waals surface area contributed by atoms with Crippen LogP contribution in [-0.2, 0) is 21.2 Å². The molecule has 1 aliphatic carbocycles. The van der Waals surface area contributed by atoms with Gasteiger partial charge in [-0.3, -0.25) is 14.7 Å². The Hall–Kier alpha value is -1.41. The fraction of sp³-hybridized carbons (Fsp3) is 0.733. The van der Waals surface area contributed by atoms with E-state index in [1.165, 1.54) is 50.1 Å². The van der Waals surface area contributed by atoms with Crippen LogP contribution in [0.4, 0.5) is 0 Å². The molecule has 0 radical (unpaired) electrons. The van der Waals surface area contributed by atoms with E-state index in [1.54, 1.807) is 4.68 Å². The van der Waals surface area contributed by atoms with Crippen LogP contribution in [0.25, 0.3) is 0 Å². The molecule has 130 valence electrons. The average molecular weight is 343 g/mol. The number of aromatic nitrogens is 2. The summed E-state index contributed by atoms with van der Waals surface area (Å²) in [5, 5.41) is 13.1. The molecule has 1 aromatic rings. The average Bonchev–Trinajstić information content (AvgIpc) is 3.00. The molecule has 0 unspecified atom stereocenters. The van der Waals surface area contributed by atoms with Gasteiger partial charge in [-0.25, -0.2) is 13.9 Å².